The highest BCUT2D eigenvalue weighted by Crippen LogP contribution is 1.98. The molecule has 0 amide bonds. The normalized spacial score (nSPS) is 13.1. The van der Waals surface area contributed by atoms with Crippen LogP contribution in [0.3, 0.4) is 0 Å². The van der Waals surface area contributed by atoms with Crippen molar-refractivity contribution in [3.8, 4) is 0 Å². The average Bonchev–Trinajstić information content (AvgIpc) is 2.45. The van der Waals surface area contributed by atoms with Gasteiger partial charge in [0.25, 0.3) is 0 Å². The molecule has 13 heavy (non-hydrogen) atoms. The second kappa shape index (κ2) is 5.14. The molecule has 0 aromatic carbocycles. The average molecular weight is 201 g/mol. The summed E-state index contributed by atoms with van der Waals surface area (Å²) in [7, 11) is -0.710. The molecule has 0 spiro atoms. The Hall–Kier alpha value is -0.680. The van der Waals surface area contributed by atoms with E-state index in [1.54, 1.807) is 12.6 Å². The van der Waals surface area contributed by atoms with Crippen molar-refractivity contribution < 1.29 is 4.21 Å². The van der Waals surface area contributed by atoms with Crippen LogP contribution in [0.1, 0.15) is 11.4 Å². The van der Waals surface area contributed by atoms with Gasteiger partial charge >= 0.3 is 0 Å². The van der Waals surface area contributed by atoms with Gasteiger partial charge in [-0.3, -0.25) is 4.21 Å². The van der Waals surface area contributed by atoms with Crippen LogP contribution in [-0.4, -0.2) is 32.7 Å². The maximum Gasteiger partial charge on any atom is 0.0925 e. The van der Waals surface area contributed by atoms with Gasteiger partial charge in [-0.25, -0.2) is 4.98 Å². The van der Waals surface area contributed by atoms with Crippen LogP contribution in [-0.2, 0) is 17.3 Å². The Morgan fingerprint density at radius 2 is 2.46 bits per heavy atom. The molecular formula is C8H15N3OS. The molecule has 0 fully saturated rings. The zero-order valence-corrected chi connectivity index (χ0v) is 8.78. The van der Waals surface area contributed by atoms with Crippen LogP contribution < -0.4 is 5.32 Å². The number of hydrogen-bond acceptors (Lipinski definition) is 3. The van der Waals surface area contributed by atoms with E-state index in [0.717, 1.165) is 24.5 Å². The summed E-state index contributed by atoms with van der Waals surface area (Å²) in [6.07, 6.45) is 3.39. The summed E-state index contributed by atoms with van der Waals surface area (Å²) in [6, 6.07) is 0. The van der Waals surface area contributed by atoms with Crippen molar-refractivity contribution in [3.05, 3.63) is 17.7 Å². The van der Waals surface area contributed by atoms with Gasteiger partial charge in [0.1, 0.15) is 0 Å². The molecule has 0 saturated carbocycles. The minimum Gasteiger partial charge on any atom is -0.348 e. The Kier molecular flexibility index (Phi) is 4.11. The molecule has 4 nitrogen and oxygen atoms in total. The Morgan fingerprint density at radius 3 is 3.00 bits per heavy atom. The summed E-state index contributed by atoms with van der Waals surface area (Å²) >= 11 is 0. The lowest BCUT2D eigenvalue weighted by Crippen LogP contribution is -2.20. The minimum absolute atomic E-state index is 0.698. The largest absolute Gasteiger partial charge is 0.348 e. The molecule has 0 bridgehead atoms. The number of hydrogen-bond donors (Lipinski definition) is 2. The number of nitrogens with zero attached hydrogens (tertiary/aromatic N) is 1. The molecule has 1 heterocycles. The molecule has 5 heteroatoms. The molecule has 0 aliphatic rings. The Balaban J connectivity index is 2.20. The number of aryl methyl sites for hydroxylation is 1. The molecule has 0 aliphatic carbocycles. The summed E-state index contributed by atoms with van der Waals surface area (Å²) in [5.41, 5.74) is 2.12. The number of H-pyrrole nitrogens is 1. The van der Waals surface area contributed by atoms with Gasteiger partial charge < -0.3 is 10.3 Å². The third kappa shape index (κ3) is 3.69. The molecule has 1 unspecified atom stereocenters. The fourth-order valence-electron chi connectivity index (χ4n) is 0.988. The number of imidazole rings is 1. The third-order valence-electron chi connectivity index (χ3n) is 1.79. The number of aromatic nitrogens is 2. The second-order valence-electron chi connectivity index (χ2n) is 2.93. The molecule has 1 aromatic heterocycles. The van der Waals surface area contributed by atoms with Crippen LogP contribution in [0.5, 0.6) is 0 Å². The van der Waals surface area contributed by atoms with Crippen LogP contribution in [0.25, 0.3) is 0 Å². The van der Waals surface area contributed by atoms with Gasteiger partial charge in [-0.05, 0) is 6.92 Å². The first-order valence-corrected chi connectivity index (χ1v) is 5.92. The lowest BCUT2D eigenvalue weighted by Gasteiger charge is -2.01. The van der Waals surface area contributed by atoms with E-state index in [9.17, 15) is 4.21 Å². The predicted octanol–water partition coefficient (Wildman–Crippen LogP) is 0.186. The van der Waals surface area contributed by atoms with Crippen LogP contribution in [0.4, 0.5) is 0 Å². The smallest absolute Gasteiger partial charge is 0.0925 e. The van der Waals surface area contributed by atoms with Crippen molar-refractivity contribution in [1.29, 1.82) is 0 Å². The quantitative estimate of drug-likeness (QED) is 0.668. The fourth-order valence-corrected chi connectivity index (χ4v) is 1.42. The monoisotopic (exact) mass is 201 g/mol. The van der Waals surface area contributed by atoms with Gasteiger partial charge in [0.2, 0.25) is 0 Å². The van der Waals surface area contributed by atoms with Crippen molar-refractivity contribution in [2.45, 2.75) is 13.5 Å². The molecular weight excluding hydrogens is 186 g/mol. The molecule has 0 radical (unpaired) electrons. The van der Waals surface area contributed by atoms with E-state index < -0.39 is 10.8 Å². The zero-order chi connectivity index (χ0) is 9.68. The molecule has 1 atom stereocenters. The summed E-state index contributed by atoms with van der Waals surface area (Å²) in [6.45, 7) is 3.50. The standard InChI is InChI=1S/C8H15N3OS/c1-7-8(11-6-10-7)5-9-3-4-13(2)12/h6,9H,3-5H2,1-2H3,(H,10,11). The first kappa shape index (κ1) is 10.4. The van der Waals surface area contributed by atoms with E-state index >= 15 is 0 Å². The highest BCUT2D eigenvalue weighted by molar-refractivity contribution is 7.84. The maximum atomic E-state index is 10.7. The Morgan fingerprint density at radius 1 is 1.69 bits per heavy atom. The van der Waals surface area contributed by atoms with E-state index in [-0.39, 0.29) is 0 Å². The highest BCUT2D eigenvalue weighted by Gasteiger charge is 1.99. The predicted molar refractivity (Wildman–Crippen MR) is 54.0 cm³/mol. The Bertz CT molecular complexity index is 285. The maximum absolute atomic E-state index is 10.7. The topological polar surface area (TPSA) is 57.8 Å². The lowest BCUT2D eigenvalue weighted by atomic mass is 10.3. The highest BCUT2D eigenvalue weighted by atomic mass is 32.2. The fraction of sp³-hybridized carbons (Fsp3) is 0.625. The molecule has 2 N–H and O–H groups in total. The summed E-state index contributed by atoms with van der Waals surface area (Å²) in [5.74, 6) is 0.698. The van der Waals surface area contributed by atoms with Crippen molar-refractivity contribution in [2.75, 3.05) is 18.6 Å². The van der Waals surface area contributed by atoms with Crippen molar-refractivity contribution in [3.63, 3.8) is 0 Å². The summed E-state index contributed by atoms with van der Waals surface area (Å²) in [5, 5.41) is 3.18. The van der Waals surface area contributed by atoms with Crippen molar-refractivity contribution >= 4 is 10.8 Å². The van der Waals surface area contributed by atoms with Crippen LogP contribution >= 0.6 is 0 Å². The Labute approximate surface area is 80.6 Å². The molecule has 1 rings (SSSR count). The van der Waals surface area contributed by atoms with Gasteiger partial charge in [-0.15, -0.1) is 0 Å². The van der Waals surface area contributed by atoms with E-state index in [4.69, 9.17) is 0 Å². The third-order valence-corrected chi connectivity index (χ3v) is 2.57. The van der Waals surface area contributed by atoms with Crippen LogP contribution in [0.2, 0.25) is 0 Å². The van der Waals surface area contributed by atoms with E-state index in [2.05, 4.69) is 15.3 Å². The van der Waals surface area contributed by atoms with Gasteiger partial charge in [0, 0.05) is 41.6 Å². The van der Waals surface area contributed by atoms with Crippen molar-refractivity contribution in [2.24, 2.45) is 0 Å². The molecule has 0 saturated heterocycles. The van der Waals surface area contributed by atoms with Crippen LogP contribution in [0, 0.1) is 6.92 Å². The molecule has 0 aliphatic heterocycles. The first-order chi connectivity index (χ1) is 6.20. The molecule has 1 aromatic rings. The molecule has 74 valence electrons. The van der Waals surface area contributed by atoms with Crippen LogP contribution in [0.15, 0.2) is 6.33 Å². The second-order valence-corrected chi connectivity index (χ2v) is 4.48. The summed E-state index contributed by atoms with van der Waals surface area (Å²) in [4.78, 5) is 7.15. The lowest BCUT2D eigenvalue weighted by molar-refractivity contribution is 0.674. The van der Waals surface area contributed by atoms with E-state index in [1.807, 2.05) is 6.92 Å². The first-order valence-electron chi connectivity index (χ1n) is 4.19. The number of rotatable bonds is 5. The van der Waals surface area contributed by atoms with Crippen molar-refractivity contribution in [1.82, 2.24) is 15.3 Å². The van der Waals surface area contributed by atoms with Gasteiger partial charge in [-0.1, -0.05) is 0 Å². The van der Waals surface area contributed by atoms with Gasteiger partial charge in [0.05, 0.1) is 12.0 Å². The van der Waals surface area contributed by atoms with E-state index in [1.165, 1.54) is 0 Å². The van der Waals surface area contributed by atoms with E-state index in [0.29, 0.717) is 5.75 Å². The number of aromatic amines is 1. The summed E-state index contributed by atoms with van der Waals surface area (Å²) < 4.78 is 10.7. The zero-order valence-electron chi connectivity index (χ0n) is 7.96. The number of nitrogens with one attached hydrogen (secondary N) is 2. The minimum atomic E-state index is -0.710. The van der Waals surface area contributed by atoms with Gasteiger partial charge in [0.15, 0.2) is 0 Å². The van der Waals surface area contributed by atoms with Gasteiger partial charge in [-0.2, -0.15) is 0 Å². The SMILES string of the molecule is Cc1[nH]cnc1CNCCS(C)=O.